The molecule has 0 aliphatic rings. The van der Waals surface area contributed by atoms with Crippen molar-refractivity contribution in [1.82, 2.24) is 10.6 Å². The molecule has 0 aliphatic heterocycles. The molecule has 6 heteroatoms. The van der Waals surface area contributed by atoms with Gasteiger partial charge in [0.25, 0.3) is 0 Å². The Bertz CT molecular complexity index is 510. The van der Waals surface area contributed by atoms with E-state index in [0.717, 1.165) is 5.56 Å². The first-order chi connectivity index (χ1) is 10.8. The highest BCUT2D eigenvalue weighted by molar-refractivity contribution is 7.99. The number of aryl methyl sites for hydroxylation is 1. The van der Waals surface area contributed by atoms with Gasteiger partial charge in [-0.15, -0.1) is 0 Å². The summed E-state index contributed by atoms with van der Waals surface area (Å²) in [7, 11) is 0. The van der Waals surface area contributed by atoms with Crippen LogP contribution in [0.15, 0.2) is 24.3 Å². The lowest BCUT2D eigenvalue weighted by Crippen LogP contribution is -2.33. The monoisotopic (exact) mass is 338 g/mol. The van der Waals surface area contributed by atoms with Gasteiger partial charge in [0.1, 0.15) is 5.60 Å². The lowest BCUT2D eigenvalue weighted by molar-refractivity contribution is -0.118. The molecule has 0 aliphatic carbocycles. The lowest BCUT2D eigenvalue weighted by Gasteiger charge is -2.19. The third kappa shape index (κ3) is 9.84. The Morgan fingerprint density at radius 3 is 2.39 bits per heavy atom. The van der Waals surface area contributed by atoms with Gasteiger partial charge < -0.3 is 15.4 Å². The maximum absolute atomic E-state index is 11.7. The molecule has 23 heavy (non-hydrogen) atoms. The molecule has 0 bridgehead atoms. The Labute approximate surface area is 142 Å². The average Bonchev–Trinajstić information content (AvgIpc) is 2.44. The van der Waals surface area contributed by atoms with Crippen LogP contribution in [0.25, 0.3) is 0 Å². The summed E-state index contributed by atoms with van der Waals surface area (Å²) in [6.07, 6.45) is -0.429. The smallest absolute Gasteiger partial charge is 0.407 e. The number of benzene rings is 1. The van der Waals surface area contributed by atoms with Gasteiger partial charge in [-0.3, -0.25) is 4.79 Å². The fourth-order valence-corrected chi connectivity index (χ4v) is 2.34. The van der Waals surface area contributed by atoms with E-state index < -0.39 is 11.7 Å². The van der Waals surface area contributed by atoms with Crippen LogP contribution in [0.1, 0.15) is 31.9 Å². The van der Waals surface area contributed by atoms with Crippen molar-refractivity contribution in [2.24, 2.45) is 0 Å². The van der Waals surface area contributed by atoms with Gasteiger partial charge in [-0.25, -0.2) is 4.79 Å². The number of carbonyl (C=O) groups is 2. The summed E-state index contributed by atoms with van der Waals surface area (Å²) in [5, 5.41) is 5.54. The standard InChI is InChI=1S/C17H26N2O3S/c1-13-5-7-14(8-6-13)11-19-15(20)12-23-10-9-18-16(21)22-17(2,3)4/h5-8H,9-12H2,1-4H3,(H,18,21)(H,19,20). The first-order valence-corrected chi connectivity index (χ1v) is 8.78. The number of hydrogen-bond donors (Lipinski definition) is 2. The molecule has 5 nitrogen and oxygen atoms in total. The Morgan fingerprint density at radius 2 is 1.78 bits per heavy atom. The number of thioether (sulfide) groups is 1. The number of nitrogens with one attached hydrogen (secondary N) is 2. The zero-order valence-electron chi connectivity index (χ0n) is 14.3. The summed E-state index contributed by atoms with van der Waals surface area (Å²) in [5.41, 5.74) is 1.79. The van der Waals surface area contributed by atoms with Crippen molar-refractivity contribution in [3.63, 3.8) is 0 Å². The van der Waals surface area contributed by atoms with Crippen molar-refractivity contribution in [1.29, 1.82) is 0 Å². The summed E-state index contributed by atoms with van der Waals surface area (Å²) in [5.74, 6) is 1.03. The van der Waals surface area contributed by atoms with Gasteiger partial charge in [0, 0.05) is 18.8 Å². The summed E-state index contributed by atoms with van der Waals surface area (Å²) in [6, 6.07) is 8.07. The van der Waals surface area contributed by atoms with E-state index in [1.807, 2.05) is 52.0 Å². The van der Waals surface area contributed by atoms with Crippen LogP contribution < -0.4 is 10.6 Å². The van der Waals surface area contributed by atoms with E-state index >= 15 is 0 Å². The Balaban J connectivity index is 2.08. The summed E-state index contributed by atoms with van der Waals surface area (Å²) < 4.78 is 5.12. The van der Waals surface area contributed by atoms with Crippen molar-refractivity contribution in [3.8, 4) is 0 Å². The molecule has 2 N–H and O–H groups in total. The minimum absolute atomic E-state index is 0.00663. The molecule has 0 radical (unpaired) electrons. The summed E-state index contributed by atoms with van der Waals surface area (Å²) >= 11 is 1.48. The van der Waals surface area contributed by atoms with E-state index in [1.54, 1.807) is 0 Å². The highest BCUT2D eigenvalue weighted by Crippen LogP contribution is 2.06. The molecule has 0 saturated heterocycles. The molecule has 1 aromatic carbocycles. The molecule has 0 spiro atoms. The Kier molecular flexibility index (Phi) is 7.95. The molecule has 1 rings (SSSR count). The first kappa shape index (κ1) is 19.4. The number of carbonyl (C=O) groups excluding carboxylic acids is 2. The number of amides is 2. The number of ether oxygens (including phenoxy) is 1. The predicted molar refractivity (Wildman–Crippen MR) is 94.6 cm³/mol. The van der Waals surface area contributed by atoms with Crippen LogP contribution in [0.5, 0.6) is 0 Å². The third-order valence-corrected chi connectivity index (χ3v) is 3.72. The second kappa shape index (κ2) is 9.45. The topological polar surface area (TPSA) is 67.4 Å². The Morgan fingerprint density at radius 1 is 1.13 bits per heavy atom. The van der Waals surface area contributed by atoms with Crippen LogP contribution in [0, 0.1) is 6.92 Å². The van der Waals surface area contributed by atoms with E-state index in [0.29, 0.717) is 24.6 Å². The quantitative estimate of drug-likeness (QED) is 0.750. The molecule has 2 amide bonds. The molecule has 1 aromatic rings. The summed E-state index contributed by atoms with van der Waals surface area (Å²) in [4.78, 5) is 23.1. The molecule has 0 heterocycles. The Hall–Kier alpha value is -1.69. The SMILES string of the molecule is Cc1ccc(CNC(=O)CSCCNC(=O)OC(C)(C)C)cc1. The van der Waals surface area contributed by atoms with Crippen LogP contribution in [-0.2, 0) is 16.1 Å². The van der Waals surface area contributed by atoms with Gasteiger partial charge in [0.2, 0.25) is 5.91 Å². The van der Waals surface area contributed by atoms with Crippen LogP contribution >= 0.6 is 11.8 Å². The third-order valence-electron chi connectivity index (χ3n) is 2.76. The zero-order valence-corrected chi connectivity index (χ0v) is 15.1. The van der Waals surface area contributed by atoms with Crippen molar-refractivity contribution >= 4 is 23.8 Å². The maximum Gasteiger partial charge on any atom is 0.407 e. The molecule has 0 aromatic heterocycles. The zero-order chi connectivity index (χ0) is 17.3. The van der Waals surface area contributed by atoms with Crippen molar-refractivity contribution in [2.45, 2.75) is 39.8 Å². The van der Waals surface area contributed by atoms with Crippen molar-refractivity contribution in [2.75, 3.05) is 18.1 Å². The van der Waals surface area contributed by atoms with Crippen molar-refractivity contribution < 1.29 is 14.3 Å². The van der Waals surface area contributed by atoms with Gasteiger partial charge in [0.05, 0.1) is 5.75 Å². The number of hydrogen-bond acceptors (Lipinski definition) is 4. The largest absolute Gasteiger partial charge is 0.444 e. The van der Waals surface area contributed by atoms with Gasteiger partial charge in [-0.05, 0) is 33.3 Å². The fourth-order valence-electron chi connectivity index (χ4n) is 1.66. The molecule has 0 unspecified atom stereocenters. The van der Waals surface area contributed by atoms with Gasteiger partial charge in [-0.1, -0.05) is 29.8 Å². The molecule has 128 valence electrons. The molecular weight excluding hydrogens is 312 g/mol. The van der Waals surface area contributed by atoms with Crippen LogP contribution in [0.3, 0.4) is 0 Å². The summed E-state index contributed by atoms with van der Waals surface area (Å²) in [6.45, 7) is 8.50. The van der Waals surface area contributed by atoms with Crippen LogP contribution in [0.2, 0.25) is 0 Å². The van der Waals surface area contributed by atoms with E-state index in [-0.39, 0.29) is 5.91 Å². The first-order valence-electron chi connectivity index (χ1n) is 7.63. The minimum atomic E-state index is -0.493. The second-order valence-electron chi connectivity index (χ2n) is 6.24. The van der Waals surface area contributed by atoms with E-state index in [1.165, 1.54) is 17.3 Å². The lowest BCUT2D eigenvalue weighted by atomic mass is 10.1. The fraction of sp³-hybridized carbons (Fsp3) is 0.529. The molecule has 0 saturated carbocycles. The second-order valence-corrected chi connectivity index (χ2v) is 7.35. The highest BCUT2D eigenvalue weighted by Gasteiger charge is 2.15. The normalized spacial score (nSPS) is 11.0. The maximum atomic E-state index is 11.7. The molecule has 0 atom stereocenters. The van der Waals surface area contributed by atoms with Gasteiger partial charge >= 0.3 is 6.09 Å². The highest BCUT2D eigenvalue weighted by atomic mass is 32.2. The van der Waals surface area contributed by atoms with E-state index in [2.05, 4.69) is 10.6 Å². The van der Waals surface area contributed by atoms with Crippen LogP contribution in [-0.4, -0.2) is 35.7 Å². The van der Waals surface area contributed by atoms with Gasteiger partial charge in [-0.2, -0.15) is 11.8 Å². The molecular formula is C17H26N2O3S. The van der Waals surface area contributed by atoms with Crippen molar-refractivity contribution in [3.05, 3.63) is 35.4 Å². The van der Waals surface area contributed by atoms with Crippen LogP contribution in [0.4, 0.5) is 4.79 Å². The number of alkyl carbamates (subject to hydrolysis) is 1. The number of rotatable bonds is 7. The molecule has 0 fully saturated rings. The minimum Gasteiger partial charge on any atom is -0.444 e. The van der Waals surface area contributed by atoms with E-state index in [9.17, 15) is 9.59 Å². The predicted octanol–water partition coefficient (Wildman–Crippen LogP) is 2.87. The van der Waals surface area contributed by atoms with E-state index in [4.69, 9.17) is 4.74 Å². The van der Waals surface area contributed by atoms with Gasteiger partial charge in [0.15, 0.2) is 0 Å². The average molecular weight is 338 g/mol.